The molecule has 3 aromatic rings. The van der Waals surface area contributed by atoms with E-state index in [2.05, 4.69) is 44.9 Å². The van der Waals surface area contributed by atoms with Crippen molar-refractivity contribution < 1.29 is 9.53 Å². The highest BCUT2D eigenvalue weighted by atomic mass is 16.5. The fourth-order valence-corrected chi connectivity index (χ4v) is 3.88. The van der Waals surface area contributed by atoms with Gasteiger partial charge in [0.15, 0.2) is 0 Å². The van der Waals surface area contributed by atoms with Crippen molar-refractivity contribution in [2.24, 2.45) is 5.92 Å². The Morgan fingerprint density at radius 2 is 2.00 bits per heavy atom. The van der Waals surface area contributed by atoms with E-state index in [0.717, 1.165) is 43.8 Å². The minimum absolute atomic E-state index is 0.0330. The number of piperidine rings is 1. The van der Waals surface area contributed by atoms with Crippen LogP contribution in [0, 0.1) is 12.8 Å². The summed E-state index contributed by atoms with van der Waals surface area (Å²) in [5.74, 6) is 0.802. The smallest absolute Gasteiger partial charge is 0.227 e. The minimum atomic E-state index is 0.0330. The second-order valence-corrected chi connectivity index (χ2v) is 7.37. The number of amides is 1. The van der Waals surface area contributed by atoms with Gasteiger partial charge in [-0.2, -0.15) is 0 Å². The molecular weight excluding hydrogens is 352 g/mol. The highest BCUT2D eigenvalue weighted by Crippen LogP contribution is 2.26. The molecule has 0 aliphatic carbocycles. The van der Waals surface area contributed by atoms with Crippen LogP contribution in [0.25, 0.3) is 5.65 Å². The average Bonchev–Trinajstić information content (AvgIpc) is 3.13. The van der Waals surface area contributed by atoms with E-state index in [1.807, 2.05) is 30.5 Å². The van der Waals surface area contributed by atoms with Crippen LogP contribution in [0.1, 0.15) is 24.1 Å². The molecule has 2 aromatic heterocycles. The predicted molar refractivity (Wildman–Crippen MR) is 110 cm³/mol. The number of hydrogen-bond acceptors (Lipinski definition) is 4. The zero-order valence-corrected chi connectivity index (χ0v) is 16.4. The molecule has 0 radical (unpaired) electrons. The molecule has 0 atom stereocenters. The summed E-state index contributed by atoms with van der Waals surface area (Å²) in [7, 11) is 1.62. The van der Waals surface area contributed by atoms with Crippen LogP contribution >= 0.6 is 0 Å². The largest absolute Gasteiger partial charge is 0.495 e. The number of carbonyl (C=O) groups excluding carboxylic acids is 1. The number of likely N-dealkylation sites (tertiary alicyclic amines) is 1. The number of pyridine rings is 1. The van der Waals surface area contributed by atoms with E-state index in [4.69, 9.17) is 4.74 Å². The quantitative estimate of drug-likeness (QED) is 0.738. The number of nitrogens with zero attached hydrogens (tertiary/aromatic N) is 3. The van der Waals surface area contributed by atoms with Crippen molar-refractivity contribution in [3.8, 4) is 5.75 Å². The molecule has 4 rings (SSSR count). The first kappa shape index (κ1) is 18.5. The summed E-state index contributed by atoms with van der Waals surface area (Å²) in [6.45, 7) is 4.75. The number of methoxy groups -OCH3 is 1. The van der Waals surface area contributed by atoms with Gasteiger partial charge in [0.2, 0.25) is 5.91 Å². The van der Waals surface area contributed by atoms with Crippen molar-refractivity contribution >= 4 is 17.2 Å². The fraction of sp³-hybridized carbons (Fsp3) is 0.364. The summed E-state index contributed by atoms with van der Waals surface area (Å²) in [4.78, 5) is 19.6. The van der Waals surface area contributed by atoms with E-state index in [-0.39, 0.29) is 11.8 Å². The lowest BCUT2D eigenvalue weighted by molar-refractivity contribution is -0.121. The van der Waals surface area contributed by atoms with Gasteiger partial charge in [0.25, 0.3) is 0 Å². The van der Waals surface area contributed by atoms with Gasteiger partial charge in [-0.25, -0.2) is 4.98 Å². The van der Waals surface area contributed by atoms with Crippen LogP contribution < -0.4 is 10.1 Å². The molecule has 6 heteroatoms. The van der Waals surface area contributed by atoms with Crippen LogP contribution in [0.2, 0.25) is 0 Å². The monoisotopic (exact) mass is 378 g/mol. The third-order valence-corrected chi connectivity index (χ3v) is 5.52. The Kier molecular flexibility index (Phi) is 5.30. The maximum Gasteiger partial charge on any atom is 0.227 e. The van der Waals surface area contributed by atoms with Crippen LogP contribution in [0.15, 0.2) is 48.8 Å². The first-order valence-corrected chi connectivity index (χ1v) is 9.73. The number of aryl methyl sites for hydroxylation is 1. The van der Waals surface area contributed by atoms with Crippen molar-refractivity contribution in [2.45, 2.75) is 26.3 Å². The predicted octanol–water partition coefficient (Wildman–Crippen LogP) is 3.50. The number of ether oxygens (including phenoxy) is 1. The van der Waals surface area contributed by atoms with Crippen molar-refractivity contribution in [3.63, 3.8) is 0 Å². The molecule has 0 saturated carbocycles. The number of imidazole rings is 1. The second-order valence-electron chi connectivity index (χ2n) is 7.37. The molecule has 6 nitrogen and oxygen atoms in total. The van der Waals surface area contributed by atoms with E-state index in [9.17, 15) is 4.79 Å². The summed E-state index contributed by atoms with van der Waals surface area (Å²) in [6, 6.07) is 11.7. The number of rotatable bonds is 5. The van der Waals surface area contributed by atoms with Crippen LogP contribution in [0.5, 0.6) is 5.75 Å². The third kappa shape index (κ3) is 3.73. The van der Waals surface area contributed by atoms with Gasteiger partial charge in [-0.05, 0) is 56.6 Å². The molecule has 1 aliphatic heterocycles. The topological polar surface area (TPSA) is 58.9 Å². The lowest BCUT2D eigenvalue weighted by Crippen LogP contribution is -2.38. The summed E-state index contributed by atoms with van der Waals surface area (Å²) in [6.07, 6.45) is 5.74. The highest BCUT2D eigenvalue weighted by Gasteiger charge is 2.26. The number of para-hydroxylation sites is 2. The molecule has 28 heavy (non-hydrogen) atoms. The summed E-state index contributed by atoms with van der Waals surface area (Å²) in [5, 5.41) is 3.03. The molecule has 0 unspecified atom stereocenters. The Labute approximate surface area is 165 Å². The second kappa shape index (κ2) is 8.02. The van der Waals surface area contributed by atoms with Crippen LogP contribution in [0.3, 0.4) is 0 Å². The number of aromatic nitrogens is 2. The molecule has 1 aliphatic rings. The molecule has 3 heterocycles. The molecule has 1 amide bonds. The van der Waals surface area contributed by atoms with E-state index < -0.39 is 0 Å². The number of anilines is 1. The molecule has 1 aromatic carbocycles. The summed E-state index contributed by atoms with van der Waals surface area (Å²) in [5.41, 5.74) is 4.12. The number of benzene rings is 1. The maximum absolute atomic E-state index is 12.7. The van der Waals surface area contributed by atoms with Gasteiger partial charge in [-0.1, -0.05) is 18.2 Å². The van der Waals surface area contributed by atoms with Crippen molar-refractivity contribution in [1.29, 1.82) is 0 Å². The van der Waals surface area contributed by atoms with E-state index in [1.54, 1.807) is 7.11 Å². The standard InChI is InChI=1S/C22H26N4O2/c1-16-6-5-11-26-18(14-23-21(16)26)15-25-12-9-17(10-13-25)22(27)24-19-7-3-4-8-20(19)28-2/h3-8,11,14,17H,9-10,12-13,15H2,1-2H3,(H,24,27). The molecule has 1 N–H and O–H groups in total. The highest BCUT2D eigenvalue weighted by molar-refractivity contribution is 5.94. The van der Waals surface area contributed by atoms with Crippen molar-refractivity contribution in [1.82, 2.24) is 14.3 Å². The van der Waals surface area contributed by atoms with Crippen molar-refractivity contribution in [2.75, 3.05) is 25.5 Å². The van der Waals surface area contributed by atoms with Gasteiger partial charge >= 0.3 is 0 Å². The zero-order chi connectivity index (χ0) is 19.5. The Morgan fingerprint density at radius 3 is 2.79 bits per heavy atom. The van der Waals surface area contributed by atoms with Gasteiger partial charge in [0.1, 0.15) is 11.4 Å². The molecular formula is C22H26N4O2. The lowest BCUT2D eigenvalue weighted by Gasteiger charge is -2.31. The van der Waals surface area contributed by atoms with E-state index >= 15 is 0 Å². The maximum atomic E-state index is 12.7. The Balaban J connectivity index is 1.35. The SMILES string of the molecule is COc1ccccc1NC(=O)C1CCN(Cc2cnc3c(C)cccn23)CC1. The van der Waals surface area contributed by atoms with Gasteiger partial charge in [-0.15, -0.1) is 0 Å². The summed E-state index contributed by atoms with van der Waals surface area (Å²) < 4.78 is 7.48. The lowest BCUT2D eigenvalue weighted by atomic mass is 9.95. The third-order valence-electron chi connectivity index (χ3n) is 5.52. The van der Waals surface area contributed by atoms with E-state index in [0.29, 0.717) is 5.75 Å². The molecule has 146 valence electrons. The van der Waals surface area contributed by atoms with Gasteiger partial charge < -0.3 is 14.5 Å². The number of nitrogens with one attached hydrogen (secondary N) is 1. The fourth-order valence-electron chi connectivity index (χ4n) is 3.88. The molecule has 1 saturated heterocycles. The van der Waals surface area contributed by atoms with Crippen LogP contribution in [-0.2, 0) is 11.3 Å². The molecule has 1 fully saturated rings. The number of fused-ring (bicyclic) bond motifs is 1. The van der Waals surface area contributed by atoms with Crippen molar-refractivity contribution in [3.05, 3.63) is 60.0 Å². The summed E-state index contributed by atoms with van der Waals surface area (Å²) >= 11 is 0. The normalized spacial score (nSPS) is 15.6. The van der Waals surface area contributed by atoms with Gasteiger partial charge in [0, 0.05) is 18.7 Å². The molecule has 0 bridgehead atoms. The Bertz CT molecular complexity index is 974. The average molecular weight is 378 g/mol. The zero-order valence-electron chi connectivity index (χ0n) is 16.4. The van der Waals surface area contributed by atoms with Gasteiger partial charge in [-0.3, -0.25) is 9.69 Å². The first-order valence-electron chi connectivity index (χ1n) is 9.73. The Morgan fingerprint density at radius 1 is 1.21 bits per heavy atom. The number of hydrogen-bond donors (Lipinski definition) is 1. The minimum Gasteiger partial charge on any atom is -0.495 e. The van der Waals surface area contributed by atoms with Gasteiger partial charge in [0.05, 0.1) is 24.7 Å². The first-order chi connectivity index (χ1) is 13.7. The molecule has 0 spiro atoms. The van der Waals surface area contributed by atoms with Crippen LogP contribution in [-0.4, -0.2) is 40.4 Å². The van der Waals surface area contributed by atoms with E-state index in [1.165, 1.54) is 11.3 Å². The van der Waals surface area contributed by atoms with Crippen LogP contribution in [0.4, 0.5) is 5.69 Å². The number of carbonyl (C=O) groups is 1. The Hall–Kier alpha value is -2.86.